The van der Waals surface area contributed by atoms with Crippen LogP contribution in [0.3, 0.4) is 0 Å². The molecule has 15 heavy (non-hydrogen) atoms. The van der Waals surface area contributed by atoms with E-state index in [4.69, 9.17) is 5.11 Å². The summed E-state index contributed by atoms with van der Waals surface area (Å²) < 4.78 is 0. The van der Waals surface area contributed by atoms with E-state index < -0.39 is 12.0 Å². The van der Waals surface area contributed by atoms with Crippen LogP contribution in [0.15, 0.2) is 24.3 Å². The van der Waals surface area contributed by atoms with Crippen LogP contribution in [0.2, 0.25) is 0 Å². The fourth-order valence-electron chi connectivity index (χ4n) is 1.37. The van der Waals surface area contributed by atoms with Crippen LogP contribution in [0.1, 0.15) is 11.1 Å². The molecule has 1 aromatic rings. The maximum Gasteiger partial charge on any atom is 0.326 e. The average Bonchev–Trinajstić information content (AvgIpc) is 2.17. The lowest BCUT2D eigenvalue weighted by Gasteiger charge is -2.11. The number of carboxylic acids is 1. The lowest BCUT2D eigenvalue weighted by molar-refractivity contribution is -0.140. The number of hydrogen-bond donors (Lipinski definition) is 2. The third kappa shape index (κ3) is 3.42. The van der Waals surface area contributed by atoms with Crippen molar-refractivity contribution in [3.8, 4) is 0 Å². The lowest BCUT2D eigenvalue weighted by atomic mass is 10.0. The molecule has 0 bridgehead atoms. The van der Waals surface area contributed by atoms with Crippen molar-refractivity contribution in [2.45, 2.75) is 19.4 Å². The van der Waals surface area contributed by atoms with Crippen LogP contribution < -0.4 is 5.32 Å². The van der Waals surface area contributed by atoms with Crippen molar-refractivity contribution >= 4 is 12.4 Å². The van der Waals surface area contributed by atoms with Crippen molar-refractivity contribution in [1.29, 1.82) is 0 Å². The fraction of sp³-hybridized carbons (Fsp3) is 0.273. The first-order valence-corrected chi connectivity index (χ1v) is 4.61. The van der Waals surface area contributed by atoms with Gasteiger partial charge in [-0.05, 0) is 12.5 Å². The summed E-state index contributed by atoms with van der Waals surface area (Å²) in [7, 11) is 0. The van der Waals surface area contributed by atoms with E-state index in [-0.39, 0.29) is 0 Å². The van der Waals surface area contributed by atoms with E-state index in [0.717, 1.165) is 11.1 Å². The molecule has 0 saturated heterocycles. The molecule has 2 N–H and O–H groups in total. The number of carbonyl (C=O) groups excluding carboxylic acids is 1. The molecular formula is C11H13NO3. The molecule has 1 atom stereocenters. The fourth-order valence-corrected chi connectivity index (χ4v) is 1.37. The van der Waals surface area contributed by atoms with E-state index in [0.29, 0.717) is 12.8 Å². The highest BCUT2D eigenvalue weighted by molar-refractivity contribution is 5.76. The number of benzene rings is 1. The standard InChI is InChI=1S/C11H13NO3/c1-8-3-2-4-9(5-8)6-10(11(14)15)12-7-13/h2-5,7,10H,6H2,1H3,(H,12,13)(H,14,15)/t10-/m0/s1. The van der Waals surface area contributed by atoms with Gasteiger partial charge in [-0.1, -0.05) is 29.8 Å². The summed E-state index contributed by atoms with van der Waals surface area (Å²) in [6.45, 7) is 1.94. The molecule has 1 aromatic carbocycles. The van der Waals surface area contributed by atoms with Crippen molar-refractivity contribution in [1.82, 2.24) is 5.32 Å². The maximum absolute atomic E-state index is 10.8. The van der Waals surface area contributed by atoms with Crippen molar-refractivity contribution in [3.05, 3.63) is 35.4 Å². The Kier molecular flexibility index (Phi) is 3.85. The molecule has 4 nitrogen and oxygen atoms in total. The zero-order chi connectivity index (χ0) is 11.3. The van der Waals surface area contributed by atoms with Crippen molar-refractivity contribution in [3.63, 3.8) is 0 Å². The molecule has 4 heteroatoms. The number of aryl methyl sites for hydroxylation is 1. The second kappa shape index (κ2) is 5.14. The summed E-state index contributed by atoms with van der Waals surface area (Å²) in [4.78, 5) is 21.0. The Hall–Kier alpha value is -1.84. The van der Waals surface area contributed by atoms with Gasteiger partial charge in [0.15, 0.2) is 0 Å². The second-order valence-electron chi connectivity index (χ2n) is 3.37. The van der Waals surface area contributed by atoms with Gasteiger partial charge in [-0.25, -0.2) is 4.79 Å². The Balaban J connectivity index is 2.73. The van der Waals surface area contributed by atoms with Gasteiger partial charge >= 0.3 is 5.97 Å². The molecule has 1 amide bonds. The van der Waals surface area contributed by atoms with Gasteiger partial charge in [0.25, 0.3) is 0 Å². The normalized spacial score (nSPS) is 11.8. The summed E-state index contributed by atoms with van der Waals surface area (Å²) in [5.41, 5.74) is 1.97. The third-order valence-corrected chi connectivity index (χ3v) is 2.09. The number of aliphatic carboxylic acids is 1. The van der Waals surface area contributed by atoms with E-state index in [2.05, 4.69) is 5.32 Å². The van der Waals surface area contributed by atoms with Gasteiger partial charge in [0, 0.05) is 6.42 Å². The summed E-state index contributed by atoms with van der Waals surface area (Å²) in [5, 5.41) is 11.1. The lowest BCUT2D eigenvalue weighted by Crippen LogP contribution is -2.37. The first-order chi connectivity index (χ1) is 7.13. The molecule has 0 heterocycles. The summed E-state index contributed by atoms with van der Waals surface area (Å²) in [5.74, 6) is -1.02. The van der Waals surface area contributed by atoms with Crippen molar-refractivity contribution in [2.75, 3.05) is 0 Å². The molecule has 0 radical (unpaired) electrons. The van der Waals surface area contributed by atoms with Gasteiger partial charge in [0.2, 0.25) is 6.41 Å². The quantitative estimate of drug-likeness (QED) is 0.700. The summed E-state index contributed by atoms with van der Waals surface area (Å²) >= 11 is 0. The van der Waals surface area contributed by atoms with E-state index >= 15 is 0 Å². The highest BCUT2D eigenvalue weighted by atomic mass is 16.4. The van der Waals surface area contributed by atoms with Crippen molar-refractivity contribution in [2.24, 2.45) is 0 Å². The van der Waals surface area contributed by atoms with Gasteiger partial charge < -0.3 is 10.4 Å². The number of amides is 1. The van der Waals surface area contributed by atoms with Crippen LogP contribution in [0.5, 0.6) is 0 Å². The topological polar surface area (TPSA) is 66.4 Å². The van der Waals surface area contributed by atoms with Gasteiger partial charge in [-0.3, -0.25) is 4.79 Å². The zero-order valence-electron chi connectivity index (χ0n) is 8.43. The SMILES string of the molecule is Cc1cccc(C[C@H](NC=O)C(=O)O)c1. The van der Waals surface area contributed by atoms with E-state index in [9.17, 15) is 9.59 Å². The summed E-state index contributed by atoms with van der Waals surface area (Å²) in [6, 6.07) is 6.69. The Morgan fingerprint density at radius 3 is 2.87 bits per heavy atom. The predicted octanol–water partition coefficient (Wildman–Crippen LogP) is 0.737. The molecule has 0 aliphatic heterocycles. The summed E-state index contributed by atoms with van der Waals surface area (Å²) in [6.07, 6.45) is 0.713. The van der Waals surface area contributed by atoms with Gasteiger partial charge in [-0.15, -0.1) is 0 Å². The number of carbonyl (C=O) groups is 2. The molecule has 0 unspecified atom stereocenters. The van der Waals surface area contributed by atoms with Crippen molar-refractivity contribution < 1.29 is 14.7 Å². The zero-order valence-corrected chi connectivity index (χ0v) is 8.43. The Bertz CT molecular complexity index is 363. The molecular weight excluding hydrogens is 194 g/mol. The van der Waals surface area contributed by atoms with Crippen LogP contribution in [0.4, 0.5) is 0 Å². The largest absolute Gasteiger partial charge is 0.480 e. The molecule has 80 valence electrons. The predicted molar refractivity (Wildman–Crippen MR) is 55.5 cm³/mol. The smallest absolute Gasteiger partial charge is 0.326 e. The van der Waals surface area contributed by atoms with Crippen LogP contribution in [0, 0.1) is 6.92 Å². The maximum atomic E-state index is 10.8. The Morgan fingerprint density at radius 2 is 2.33 bits per heavy atom. The number of carboxylic acid groups (broad SMARTS) is 1. The highest BCUT2D eigenvalue weighted by Gasteiger charge is 2.16. The number of rotatable bonds is 5. The Labute approximate surface area is 87.9 Å². The van der Waals surface area contributed by atoms with Crippen LogP contribution in [-0.2, 0) is 16.0 Å². The minimum atomic E-state index is -1.02. The monoisotopic (exact) mass is 207 g/mol. The highest BCUT2D eigenvalue weighted by Crippen LogP contribution is 2.06. The average molecular weight is 207 g/mol. The molecule has 0 aromatic heterocycles. The van der Waals surface area contributed by atoms with Crippen LogP contribution in [-0.4, -0.2) is 23.5 Å². The van der Waals surface area contributed by atoms with Gasteiger partial charge in [0.1, 0.15) is 6.04 Å². The van der Waals surface area contributed by atoms with Crippen LogP contribution in [0.25, 0.3) is 0 Å². The van der Waals surface area contributed by atoms with Gasteiger partial charge in [-0.2, -0.15) is 0 Å². The number of hydrogen-bond acceptors (Lipinski definition) is 2. The van der Waals surface area contributed by atoms with Gasteiger partial charge in [0.05, 0.1) is 0 Å². The van der Waals surface area contributed by atoms with E-state index in [1.165, 1.54) is 0 Å². The molecule has 0 aliphatic carbocycles. The molecule has 0 spiro atoms. The minimum absolute atomic E-state index is 0.301. The second-order valence-corrected chi connectivity index (χ2v) is 3.37. The molecule has 0 fully saturated rings. The molecule has 0 aliphatic rings. The third-order valence-electron chi connectivity index (χ3n) is 2.09. The van der Waals surface area contributed by atoms with Crippen LogP contribution >= 0.6 is 0 Å². The van der Waals surface area contributed by atoms with E-state index in [1.807, 2.05) is 31.2 Å². The molecule has 1 rings (SSSR count). The minimum Gasteiger partial charge on any atom is -0.480 e. The molecule has 0 saturated carbocycles. The first-order valence-electron chi connectivity index (χ1n) is 4.61. The first kappa shape index (κ1) is 11.2. The number of nitrogens with one attached hydrogen (secondary N) is 1. The Morgan fingerprint density at radius 1 is 1.60 bits per heavy atom. The van der Waals surface area contributed by atoms with E-state index in [1.54, 1.807) is 0 Å².